The number of morpholine rings is 1. The number of aromatic nitrogens is 1. The molecule has 1 aliphatic heterocycles. The summed E-state index contributed by atoms with van der Waals surface area (Å²) < 4.78 is 10.8. The van der Waals surface area contributed by atoms with Crippen LogP contribution >= 0.6 is 0 Å². The van der Waals surface area contributed by atoms with Gasteiger partial charge in [0, 0.05) is 30.5 Å². The molecule has 0 radical (unpaired) electrons. The molecule has 0 aliphatic carbocycles. The van der Waals surface area contributed by atoms with Crippen molar-refractivity contribution in [3.05, 3.63) is 65.4 Å². The fourth-order valence-corrected chi connectivity index (χ4v) is 3.82. The van der Waals surface area contributed by atoms with Crippen LogP contribution in [0.2, 0.25) is 0 Å². The topological polar surface area (TPSA) is 66.6 Å². The number of fused-ring (bicyclic) bond motifs is 1. The van der Waals surface area contributed by atoms with Crippen molar-refractivity contribution >= 4 is 16.8 Å². The number of aromatic amines is 1. The molecule has 1 amide bonds. The third-order valence-corrected chi connectivity index (χ3v) is 5.47. The number of hydrogen-bond donors (Lipinski definition) is 2. The summed E-state index contributed by atoms with van der Waals surface area (Å²) >= 11 is 0. The largest absolute Gasteiger partial charge is 0.497 e. The molecule has 1 fully saturated rings. The number of amides is 1. The summed E-state index contributed by atoms with van der Waals surface area (Å²) in [5.41, 5.74) is 3.88. The Kier molecular flexibility index (Phi) is 5.83. The van der Waals surface area contributed by atoms with Crippen LogP contribution < -0.4 is 10.1 Å². The maximum Gasteiger partial charge on any atom is 0.267 e. The van der Waals surface area contributed by atoms with E-state index >= 15 is 0 Å². The first-order chi connectivity index (χ1) is 14.1. The van der Waals surface area contributed by atoms with Gasteiger partial charge in [0.15, 0.2) is 0 Å². The summed E-state index contributed by atoms with van der Waals surface area (Å²) in [5, 5.41) is 4.16. The number of hydrogen-bond acceptors (Lipinski definition) is 4. The third-order valence-electron chi connectivity index (χ3n) is 5.47. The van der Waals surface area contributed by atoms with Crippen molar-refractivity contribution < 1.29 is 14.3 Å². The van der Waals surface area contributed by atoms with Gasteiger partial charge in [-0.1, -0.05) is 24.3 Å². The molecule has 0 bridgehead atoms. The van der Waals surface area contributed by atoms with Crippen LogP contribution in [0.4, 0.5) is 0 Å². The molecule has 152 valence electrons. The van der Waals surface area contributed by atoms with Crippen molar-refractivity contribution in [3.8, 4) is 5.75 Å². The normalized spacial score (nSPS) is 15.9. The van der Waals surface area contributed by atoms with Gasteiger partial charge in [0.05, 0.1) is 26.4 Å². The Labute approximate surface area is 170 Å². The zero-order valence-corrected chi connectivity index (χ0v) is 16.9. The van der Waals surface area contributed by atoms with Gasteiger partial charge in [-0.15, -0.1) is 0 Å². The lowest BCUT2D eigenvalue weighted by molar-refractivity contribution is 0.0162. The van der Waals surface area contributed by atoms with Crippen LogP contribution in [-0.2, 0) is 4.74 Å². The molecule has 2 heterocycles. The second-order valence-electron chi connectivity index (χ2n) is 7.42. The van der Waals surface area contributed by atoms with Gasteiger partial charge in [-0.25, -0.2) is 0 Å². The Balaban J connectivity index is 1.50. The zero-order valence-electron chi connectivity index (χ0n) is 16.9. The number of aryl methyl sites for hydroxylation is 1. The van der Waals surface area contributed by atoms with Gasteiger partial charge >= 0.3 is 0 Å². The predicted molar refractivity (Wildman–Crippen MR) is 113 cm³/mol. The summed E-state index contributed by atoms with van der Waals surface area (Å²) in [6.45, 7) is 5.68. The molecule has 29 heavy (non-hydrogen) atoms. The van der Waals surface area contributed by atoms with Crippen molar-refractivity contribution in [1.29, 1.82) is 0 Å². The molecule has 2 N–H and O–H groups in total. The van der Waals surface area contributed by atoms with Gasteiger partial charge < -0.3 is 19.8 Å². The number of benzene rings is 2. The minimum Gasteiger partial charge on any atom is -0.497 e. The second kappa shape index (κ2) is 8.68. The van der Waals surface area contributed by atoms with Crippen molar-refractivity contribution in [2.24, 2.45) is 0 Å². The highest BCUT2D eigenvalue weighted by atomic mass is 16.5. The summed E-state index contributed by atoms with van der Waals surface area (Å²) in [6, 6.07) is 16.2. The molecule has 4 rings (SSSR count). The molecule has 6 heteroatoms. The molecule has 1 saturated heterocycles. The summed E-state index contributed by atoms with van der Waals surface area (Å²) in [4.78, 5) is 18.4. The van der Waals surface area contributed by atoms with E-state index in [1.165, 1.54) is 0 Å². The van der Waals surface area contributed by atoms with Gasteiger partial charge in [-0.2, -0.15) is 0 Å². The van der Waals surface area contributed by atoms with E-state index < -0.39 is 0 Å². The molecule has 1 aromatic heterocycles. The quantitative estimate of drug-likeness (QED) is 0.674. The van der Waals surface area contributed by atoms with E-state index in [2.05, 4.69) is 39.5 Å². The molecule has 3 aromatic rings. The van der Waals surface area contributed by atoms with Gasteiger partial charge in [0.2, 0.25) is 0 Å². The highest BCUT2D eigenvalue weighted by molar-refractivity contribution is 5.98. The number of methoxy groups -OCH3 is 1. The average molecular weight is 393 g/mol. The van der Waals surface area contributed by atoms with Crippen molar-refractivity contribution in [2.45, 2.75) is 13.0 Å². The minimum atomic E-state index is -0.0920. The third kappa shape index (κ3) is 4.44. The molecule has 1 unspecified atom stereocenters. The molecule has 1 atom stereocenters. The van der Waals surface area contributed by atoms with E-state index in [0.29, 0.717) is 25.5 Å². The number of H-pyrrole nitrogens is 1. The van der Waals surface area contributed by atoms with Gasteiger partial charge in [0.25, 0.3) is 5.91 Å². The highest BCUT2D eigenvalue weighted by Gasteiger charge is 2.23. The minimum absolute atomic E-state index is 0.0837. The zero-order chi connectivity index (χ0) is 20.2. The molecular weight excluding hydrogens is 366 g/mol. The van der Waals surface area contributed by atoms with Gasteiger partial charge in [-0.3, -0.25) is 9.69 Å². The van der Waals surface area contributed by atoms with Gasteiger partial charge in [0.1, 0.15) is 11.4 Å². The summed E-state index contributed by atoms with van der Waals surface area (Å²) in [5.74, 6) is 0.734. The Hall–Kier alpha value is -2.83. The highest BCUT2D eigenvalue weighted by Crippen LogP contribution is 2.24. The monoisotopic (exact) mass is 393 g/mol. The van der Waals surface area contributed by atoms with Gasteiger partial charge in [-0.05, 0) is 42.3 Å². The number of rotatable bonds is 6. The summed E-state index contributed by atoms with van der Waals surface area (Å²) in [6.07, 6.45) is 0. The van der Waals surface area contributed by atoms with Crippen LogP contribution in [0.25, 0.3) is 10.9 Å². The summed E-state index contributed by atoms with van der Waals surface area (Å²) in [7, 11) is 1.66. The van der Waals surface area contributed by atoms with E-state index in [1.54, 1.807) is 7.11 Å². The predicted octanol–water partition coefficient (Wildman–Crippen LogP) is 3.29. The fraction of sp³-hybridized carbons (Fsp3) is 0.348. The SMILES string of the molecule is COc1ccc(C(CNC(=O)c2cc3ccc(C)cc3[nH]2)N2CCOCC2)cc1. The average Bonchev–Trinajstić information content (AvgIpc) is 3.18. The molecule has 1 aliphatic rings. The maximum atomic E-state index is 12.8. The first-order valence-electron chi connectivity index (χ1n) is 9.97. The maximum absolute atomic E-state index is 12.8. The van der Waals surface area contributed by atoms with E-state index in [9.17, 15) is 4.79 Å². The molecule has 0 spiro atoms. The molecule has 6 nitrogen and oxygen atoms in total. The number of nitrogens with one attached hydrogen (secondary N) is 2. The van der Waals surface area contributed by atoms with Crippen LogP contribution in [0.1, 0.15) is 27.7 Å². The van der Waals surface area contributed by atoms with Crippen molar-refractivity contribution in [1.82, 2.24) is 15.2 Å². The van der Waals surface area contributed by atoms with Crippen molar-refractivity contribution in [3.63, 3.8) is 0 Å². The second-order valence-corrected chi connectivity index (χ2v) is 7.42. The first-order valence-corrected chi connectivity index (χ1v) is 9.97. The number of carbonyl (C=O) groups is 1. The van der Waals surface area contributed by atoms with E-state index in [1.807, 2.05) is 31.2 Å². The molecule has 0 saturated carbocycles. The lowest BCUT2D eigenvalue weighted by Gasteiger charge is -2.35. The number of ether oxygens (including phenoxy) is 2. The lowest BCUT2D eigenvalue weighted by Crippen LogP contribution is -2.43. The van der Waals surface area contributed by atoms with Crippen LogP contribution in [0.5, 0.6) is 5.75 Å². The first kappa shape index (κ1) is 19.5. The fourth-order valence-electron chi connectivity index (χ4n) is 3.82. The lowest BCUT2D eigenvalue weighted by atomic mass is 10.0. The molecular formula is C23H27N3O3. The van der Waals surface area contributed by atoms with E-state index in [-0.39, 0.29) is 11.9 Å². The number of carbonyl (C=O) groups excluding carboxylic acids is 1. The van der Waals surface area contributed by atoms with Crippen LogP contribution in [0.3, 0.4) is 0 Å². The van der Waals surface area contributed by atoms with E-state index in [0.717, 1.165) is 40.9 Å². The van der Waals surface area contributed by atoms with Crippen LogP contribution in [0.15, 0.2) is 48.5 Å². The Morgan fingerprint density at radius 2 is 1.93 bits per heavy atom. The van der Waals surface area contributed by atoms with Crippen LogP contribution in [-0.4, -0.2) is 55.7 Å². The Morgan fingerprint density at radius 1 is 1.17 bits per heavy atom. The number of nitrogens with zero attached hydrogens (tertiary/aromatic N) is 1. The smallest absolute Gasteiger partial charge is 0.267 e. The Morgan fingerprint density at radius 3 is 2.66 bits per heavy atom. The van der Waals surface area contributed by atoms with E-state index in [4.69, 9.17) is 9.47 Å². The Bertz CT molecular complexity index is 975. The van der Waals surface area contributed by atoms with Crippen molar-refractivity contribution in [2.75, 3.05) is 40.0 Å². The molecule has 2 aromatic carbocycles. The van der Waals surface area contributed by atoms with Crippen LogP contribution in [0, 0.1) is 6.92 Å². The standard InChI is InChI=1S/C23H27N3O3/c1-16-3-4-18-14-21(25-20(18)13-16)23(27)24-15-22(26-9-11-29-12-10-26)17-5-7-19(28-2)8-6-17/h3-8,13-14,22,25H,9-12,15H2,1-2H3,(H,24,27).